The highest BCUT2D eigenvalue weighted by Crippen LogP contribution is 2.18. The fourth-order valence-corrected chi connectivity index (χ4v) is 1.71. The molecule has 1 aliphatic heterocycles. The number of hydrogen-bond acceptors (Lipinski definition) is 5. The largest absolute Gasteiger partial charge is 0.396 e. The van der Waals surface area contributed by atoms with E-state index < -0.39 is 0 Å². The van der Waals surface area contributed by atoms with Gasteiger partial charge in [-0.25, -0.2) is 9.97 Å². The second-order valence-corrected chi connectivity index (χ2v) is 3.56. The van der Waals surface area contributed by atoms with Crippen molar-refractivity contribution in [2.45, 2.75) is 6.04 Å². The first-order chi connectivity index (χ1) is 6.81. The molecule has 2 rings (SSSR count). The van der Waals surface area contributed by atoms with Crippen LogP contribution < -0.4 is 10.6 Å². The van der Waals surface area contributed by atoms with Gasteiger partial charge >= 0.3 is 0 Å². The highest BCUT2D eigenvalue weighted by molar-refractivity contribution is 5.31. The van der Waals surface area contributed by atoms with Crippen molar-refractivity contribution >= 4 is 5.95 Å². The molecule has 0 unspecified atom stereocenters. The molecule has 0 saturated carbocycles. The number of anilines is 1. The van der Waals surface area contributed by atoms with Gasteiger partial charge in [0.15, 0.2) is 0 Å². The Hall–Kier alpha value is -1.20. The van der Waals surface area contributed by atoms with Crippen LogP contribution in [0.2, 0.25) is 0 Å². The number of aliphatic hydroxyl groups is 1. The Bertz CT molecular complexity index is 292. The first kappa shape index (κ1) is 9.36. The van der Waals surface area contributed by atoms with Gasteiger partial charge in [-0.2, -0.15) is 0 Å². The number of aromatic nitrogens is 2. The van der Waals surface area contributed by atoms with Crippen LogP contribution in [0.5, 0.6) is 0 Å². The quantitative estimate of drug-likeness (QED) is 0.646. The number of hydrogen-bond donors (Lipinski definition) is 2. The average molecular weight is 194 g/mol. The summed E-state index contributed by atoms with van der Waals surface area (Å²) in [4.78, 5) is 10.3. The van der Waals surface area contributed by atoms with Gasteiger partial charge in [0.05, 0.1) is 0 Å². The molecule has 0 bridgehead atoms. The van der Waals surface area contributed by atoms with E-state index in [1.807, 2.05) is 4.90 Å². The number of aliphatic hydroxyl groups excluding tert-OH is 1. The van der Waals surface area contributed by atoms with Gasteiger partial charge in [-0.05, 0) is 6.07 Å². The summed E-state index contributed by atoms with van der Waals surface area (Å²) >= 11 is 0. The van der Waals surface area contributed by atoms with Crippen LogP contribution in [0.15, 0.2) is 18.5 Å². The van der Waals surface area contributed by atoms with E-state index in [0.29, 0.717) is 5.95 Å². The van der Waals surface area contributed by atoms with Crippen molar-refractivity contribution in [1.29, 1.82) is 0 Å². The Balaban J connectivity index is 2.09. The van der Waals surface area contributed by atoms with E-state index in [1.165, 1.54) is 0 Å². The lowest BCUT2D eigenvalue weighted by Gasteiger charge is -2.14. The predicted octanol–water partition coefficient (Wildman–Crippen LogP) is -0.768. The van der Waals surface area contributed by atoms with Gasteiger partial charge in [0.25, 0.3) is 0 Å². The molecule has 0 radical (unpaired) electrons. The number of rotatable bonds is 2. The van der Waals surface area contributed by atoms with Gasteiger partial charge in [-0.3, -0.25) is 0 Å². The van der Waals surface area contributed by atoms with E-state index in [2.05, 4.69) is 9.97 Å². The molecule has 0 spiro atoms. The smallest absolute Gasteiger partial charge is 0.225 e. The molecule has 1 fully saturated rings. The lowest BCUT2D eigenvalue weighted by molar-refractivity contribution is 0.228. The molecule has 76 valence electrons. The molecule has 2 heterocycles. The Morgan fingerprint density at radius 1 is 1.43 bits per heavy atom. The van der Waals surface area contributed by atoms with Crippen molar-refractivity contribution < 1.29 is 5.11 Å². The van der Waals surface area contributed by atoms with Crippen molar-refractivity contribution in [2.75, 3.05) is 24.6 Å². The van der Waals surface area contributed by atoms with Crippen molar-refractivity contribution in [3.8, 4) is 0 Å². The minimum atomic E-state index is 0.0174. The van der Waals surface area contributed by atoms with E-state index >= 15 is 0 Å². The maximum atomic E-state index is 9.05. The summed E-state index contributed by atoms with van der Waals surface area (Å²) in [6.45, 7) is 1.58. The lowest BCUT2D eigenvalue weighted by Crippen LogP contribution is -2.31. The molecule has 2 atom stereocenters. The zero-order chi connectivity index (χ0) is 9.97. The lowest BCUT2D eigenvalue weighted by atomic mass is 10.1. The van der Waals surface area contributed by atoms with Gasteiger partial charge in [-0.1, -0.05) is 0 Å². The molecule has 1 saturated heterocycles. The normalized spacial score (nSPS) is 26.9. The summed E-state index contributed by atoms with van der Waals surface area (Å²) in [6.07, 6.45) is 3.42. The zero-order valence-electron chi connectivity index (χ0n) is 7.87. The second kappa shape index (κ2) is 3.89. The first-order valence-corrected chi connectivity index (χ1v) is 4.69. The molecule has 0 amide bonds. The van der Waals surface area contributed by atoms with Crippen LogP contribution in [0.3, 0.4) is 0 Å². The summed E-state index contributed by atoms with van der Waals surface area (Å²) in [5.41, 5.74) is 5.86. The molecular weight excluding hydrogens is 180 g/mol. The molecule has 1 aliphatic rings. The maximum absolute atomic E-state index is 9.05. The molecule has 14 heavy (non-hydrogen) atoms. The van der Waals surface area contributed by atoms with Crippen LogP contribution in [-0.2, 0) is 0 Å². The van der Waals surface area contributed by atoms with Crippen molar-refractivity contribution in [1.82, 2.24) is 9.97 Å². The Kier molecular flexibility index (Phi) is 2.60. The SMILES string of the molecule is N[C@@H]1CN(c2ncccn2)C[C@H]1CO. The summed E-state index contributed by atoms with van der Waals surface area (Å²) in [5.74, 6) is 0.831. The monoisotopic (exact) mass is 194 g/mol. The molecule has 0 aliphatic carbocycles. The predicted molar refractivity (Wildman–Crippen MR) is 52.8 cm³/mol. The topological polar surface area (TPSA) is 75.3 Å². The fourth-order valence-electron chi connectivity index (χ4n) is 1.71. The molecule has 0 aromatic carbocycles. The highest BCUT2D eigenvalue weighted by atomic mass is 16.3. The van der Waals surface area contributed by atoms with E-state index in [-0.39, 0.29) is 18.6 Å². The zero-order valence-corrected chi connectivity index (χ0v) is 7.87. The summed E-state index contributed by atoms with van der Waals surface area (Å²) < 4.78 is 0. The van der Waals surface area contributed by atoms with Gasteiger partial charge in [0.2, 0.25) is 5.95 Å². The maximum Gasteiger partial charge on any atom is 0.225 e. The van der Waals surface area contributed by atoms with Crippen LogP contribution in [-0.4, -0.2) is 40.8 Å². The molecule has 3 N–H and O–H groups in total. The molecule has 5 nitrogen and oxygen atoms in total. The standard InChI is InChI=1S/C9H14N4O/c10-8-5-13(4-7(8)6-14)9-11-2-1-3-12-9/h1-3,7-8,14H,4-6,10H2/t7-,8+/m0/s1. The van der Waals surface area contributed by atoms with Crippen LogP contribution in [0.1, 0.15) is 0 Å². The summed E-state index contributed by atoms with van der Waals surface area (Å²) in [6, 6.07) is 1.80. The Morgan fingerprint density at radius 3 is 2.71 bits per heavy atom. The van der Waals surface area contributed by atoms with E-state index in [9.17, 15) is 0 Å². The van der Waals surface area contributed by atoms with Crippen LogP contribution in [0.25, 0.3) is 0 Å². The van der Waals surface area contributed by atoms with Gasteiger partial charge in [-0.15, -0.1) is 0 Å². The first-order valence-electron chi connectivity index (χ1n) is 4.69. The summed E-state index contributed by atoms with van der Waals surface area (Å²) in [5, 5.41) is 9.05. The van der Waals surface area contributed by atoms with Gasteiger partial charge < -0.3 is 15.7 Å². The minimum absolute atomic E-state index is 0.0174. The molecule has 5 heteroatoms. The summed E-state index contributed by atoms with van der Waals surface area (Å²) in [7, 11) is 0. The number of nitrogens with zero attached hydrogens (tertiary/aromatic N) is 3. The third kappa shape index (κ3) is 1.69. The third-order valence-electron chi connectivity index (χ3n) is 2.56. The molecule has 1 aromatic rings. The van der Waals surface area contributed by atoms with Crippen LogP contribution in [0.4, 0.5) is 5.95 Å². The van der Waals surface area contributed by atoms with Crippen LogP contribution in [0, 0.1) is 5.92 Å². The second-order valence-electron chi connectivity index (χ2n) is 3.56. The van der Waals surface area contributed by atoms with Gasteiger partial charge in [0.1, 0.15) is 0 Å². The minimum Gasteiger partial charge on any atom is -0.396 e. The molecular formula is C9H14N4O. The van der Waals surface area contributed by atoms with Gasteiger partial charge in [0, 0.05) is 44.0 Å². The highest BCUT2D eigenvalue weighted by Gasteiger charge is 2.30. The Morgan fingerprint density at radius 2 is 2.14 bits per heavy atom. The number of nitrogens with two attached hydrogens (primary N) is 1. The van der Waals surface area contributed by atoms with E-state index in [0.717, 1.165) is 13.1 Å². The van der Waals surface area contributed by atoms with E-state index in [4.69, 9.17) is 10.8 Å². The third-order valence-corrected chi connectivity index (χ3v) is 2.56. The van der Waals surface area contributed by atoms with Crippen molar-refractivity contribution in [2.24, 2.45) is 11.7 Å². The van der Waals surface area contributed by atoms with Crippen molar-refractivity contribution in [3.05, 3.63) is 18.5 Å². The van der Waals surface area contributed by atoms with E-state index in [1.54, 1.807) is 18.5 Å². The van der Waals surface area contributed by atoms with Crippen LogP contribution >= 0.6 is 0 Å². The molecule has 1 aromatic heterocycles. The Labute approximate surface area is 82.6 Å². The van der Waals surface area contributed by atoms with Crippen molar-refractivity contribution in [3.63, 3.8) is 0 Å². The fraction of sp³-hybridized carbons (Fsp3) is 0.556. The average Bonchev–Trinajstić information content (AvgIpc) is 2.61.